The van der Waals surface area contributed by atoms with E-state index in [-0.39, 0.29) is 5.56 Å². The van der Waals surface area contributed by atoms with Gasteiger partial charge in [0.15, 0.2) is 5.65 Å². The summed E-state index contributed by atoms with van der Waals surface area (Å²) in [6.45, 7) is 0. The molecular formula is C25H18BrN5O2. The molecule has 3 aromatic heterocycles. The molecule has 0 spiro atoms. The van der Waals surface area contributed by atoms with Crippen molar-refractivity contribution in [2.24, 2.45) is 0 Å². The first-order valence-electron chi connectivity index (χ1n) is 10.2. The number of pyridine rings is 1. The van der Waals surface area contributed by atoms with Gasteiger partial charge in [-0.05, 0) is 34.1 Å². The fourth-order valence-corrected chi connectivity index (χ4v) is 4.37. The predicted octanol–water partition coefficient (Wildman–Crippen LogP) is 5.63. The van der Waals surface area contributed by atoms with Gasteiger partial charge >= 0.3 is 5.97 Å². The highest BCUT2D eigenvalue weighted by Gasteiger charge is 2.19. The Hall–Kier alpha value is -4.04. The Morgan fingerprint density at radius 1 is 0.939 bits per heavy atom. The Labute approximate surface area is 197 Å². The zero-order valence-electron chi connectivity index (χ0n) is 17.5. The van der Waals surface area contributed by atoms with E-state index in [2.05, 4.69) is 31.3 Å². The Morgan fingerprint density at radius 3 is 2.30 bits per heavy atom. The fraction of sp³-hybridized carbons (Fsp3) is 0.0400. The molecule has 0 saturated carbocycles. The second kappa shape index (κ2) is 8.48. The van der Waals surface area contributed by atoms with E-state index in [1.165, 1.54) is 0 Å². The summed E-state index contributed by atoms with van der Waals surface area (Å²) in [5, 5.41) is 16.9. The minimum Gasteiger partial charge on any atom is -0.478 e. The number of halogens is 1. The van der Waals surface area contributed by atoms with E-state index in [4.69, 9.17) is 4.98 Å². The molecule has 2 aromatic carbocycles. The van der Waals surface area contributed by atoms with Crippen LogP contribution in [0.4, 0.5) is 5.82 Å². The van der Waals surface area contributed by atoms with Gasteiger partial charge in [-0.1, -0.05) is 48.5 Å². The summed E-state index contributed by atoms with van der Waals surface area (Å²) in [6, 6.07) is 20.6. The highest BCUT2D eigenvalue weighted by atomic mass is 79.9. The van der Waals surface area contributed by atoms with Gasteiger partial charge in [-0.15, -0.1) is 0 Å². The number of hydrogen-bond acceptors (Lipinski definition) is 5. The smallest absolute Gasteiger partial charge is 0.335 e. The van der Waals surface area contributed by atoms with Crippen LogP contribution in [0.1, 0.15) is 10.4 Å². The summed E-state index contributed by atoms with van der Waals surface area (Å²) in [5.41, 5.74) is 6.03. The highest BCUT2D eigenvalue weighted by molar-refractivity contribution is 9.10. The van der Waals surface area contributed by atoms with Gasteiger partial charge in [-0.25, -0.2) is 9.78 Å². The molecule has 5 rings (SSSR count). The van der Waals surface area contributed by atoms with Gasteiger partial charge < -0.3 is 10.4 Å². The number of aromatic nitrogens is 4. The standard InChI is InChI=1S/C25H18BrN5O2/c1-27-24-21(26)22(16-7-9-17(10-8-16)25(32)33)30-23-19(14-29-31(23)24)18-11-12-20(28-13-18)15-5-3-2-4-6-15/h2-14,27H,1H3,(H,32,33). The number of nitrogens with zero attached hydrogens (tertiary/aromatic N) is 4. The SMILES string of the molecule is CNc1c(Br)c(-c2ccc(C(=O)O)cc2)nc2c(-c3ccc(-c4ccccc4)nc3)cnn12. The third-order valence-corrected chi connectivity index (χ3v) is 6.13. The van der Waals surface area contributed by atoms with Crippen molar-refractivity contribution in [3.8, 4) is 33.6 Å². The first-order chi connectivity index (χ1) is 16.1. The molecule has 0 aliphatic rings. The number of benzene rings is 2. The molecule has 0 bridgehead atoms. The lowest BCUT2D eigenvalue weighted by Crippen LogP contribution is -2.04. The first-order valence-corrected chi connectivity index (χ1v) is 11.0. The molecule has 0 unspecified atom stereocenters. The summed E-state index contributed by atoms with van der Waals surface area (Å²) in [7, 11) is 1.81. The van der Waals surface area contributed by atoms with E-state index in [1.54, 1.807) is 35.0 Å². The summed E-state index contributed by atoms with van der Waals surface area (Å²) >= 11 is 3.63. The van der Waals surface area contributed by atoms with Crippen LogP contribution in [0.5, 0.6) is 0 Å². The van der Waals surface area contributed by atoms with Crippen molar-refractivity contribution in [2.75, 3.05) is 12.4 Å². The van der Waals surface area contributed by atoms with Crippen LogP contribution in [-0.4, -0.2) is 37.7 Å². The van der Waals surface area contributed by atoms with Crippen LogP contribution in [0.2, 0.25) is 0 Å². The molecule has 0 radical (unpaired) electrons. The van der Waals surface area contributed by atoms with Gasteiger partial charge in [-0.3, -0.25) is 4.98 Å². The second-order valence-corrected chi connectivity index (χ2v) is 8.14. The summed E-state index contributed by atoms with van der Waals surface area (Å²) < 4.78 is 2.47. The maximum Gasteiger partial charge on any atom is 0.335 e. The Bertz CT molecular complexity index is 1460. The van der Waals surface area contributed by atoms with Crippen molar-refractivity contribution in [1.29, 1.82) is 0 Å². The molecular weight excluding hydrogens is 482 g/mol. The van der Waals surface area contributed by atoms with E-state index in [0.29, 0.717) is 11.3 Å². The van der Waals surface area contributed by atoms with Crippen LogP contribution in [0.15, 0.2) is 83.6 Å². The maximum absolute atomic E-state index is 11.2. The van der Waals surface area contributed by atoms with E-state index in [0.717, 1.165) is 38.2 Å². The average Bonchev–Trinajstić information content (AvgIpc) is 3.28. The van der Waals surface area contributed by atoms with Gasteiger partial charge in [-0.2, -0.15) is 9.61 Å². The highest BCUT2D eigenvalue weighted by Crippen LogP contribution is 2.36. The summed E-state index contributed by atoms with van der Waals surface area (Å²) in [4.78, 5) is 20.7. The number of carbonyl (C=O) groups is 1. The van der Waals surface area contributed by atoms with Gasteiger partial charge in [0, 0.05) is 35.5 Å². The van der Waals surface area contributed by atoms with Crippen LogP contribution < -0.4 is 5.32 Å². The van der Waals surface area contributed by atoms with Crippen molar-refractivity contribution in [3.63, 3.8) is 0 Å². The average molecular weight is 500 g/mol. The van der Waals surface area contributed by atoms with E-state index in [1.807, 2.05) is 55.7 Å². The molecule has 0 saturated heterocycles. The van der Waals surface area contributed by atoms with Crippen LogP contribution in [0, 0.1) is 0 Å². The fourth-order valence-electron chi connectivity index (χ4n) is 3.69. The molecule has 8 heteroatoms. The number of carboxylic acid groups (broad SMARTS) is 1. The zero-order chi connectivity index (χ0) is 22.9. The van der Waals surface area contributed by atoms with Crippen molar-refractivity contribution in [1.82, 2.24) is 19.6 Å². The van der Waals surface area contributed by atoms with Gasteiger partial charge in [0.1, 0.15) is 5.82 Å². The first kappa shape index (κ1) is 20.8. The van der Waals surface area contributed by atoms with Crippen molar-refractivity contribution in [2.45, 2.75) is 0 Å². The third kappa shape index (κ3) is 3.74. The number of hydrogen-bond donors (Lipinski definition) is 2. The lowest BCUT2D eigenvalue weighted by molar-refractivity contribution is 0.0697. The number of carboxylic acids is 1. The molecule has 33 heavy (non-hydrogen) atoms. The van der Waals surface area contributed by atoms with Crippen LogP contribution >= 0.6 is 15.9 Å². The van der Waals surface area contributed by atoms with Gasteiger partial charge in [0.25, 0.3) is 0 Å². The van der Waals surface area contributed by atoms with E-state index < -0.39 is 5.97 Å². The predicted molar refractivity (Wildman–Crippen MR) is 131 cm³/mol. The molecule has 0 fully saturated rings. The lowest BCUT2D eigenvalue weighted by atomic mass is 10.1. The maximum atomic E-state index is 11.2. The molecule has 0 aliphatic carbocycles. The Balaban J connectivity index is 1.62. The quantitative estimate of drug-likeness (QED) is 0.325. The number of anilines is 1. The molecule has 7 nitrogen and oxygen atoms in total. The summed E-state index contributed by atoms with van der Waals surface area (Å²) in [6.07, 6.45) is 3.59. The molecule has 0 amide bonds. The zero-order valence-corrected chi connectivity index (χ0v) is 19.1. The third-order valence-electron chi connectivity index (χ3n) is 5.38. The summed E-state index contributed by atoms with van der Waals surface area (Å²) in [5.74, 6) is -0.234. The minimum atomic E-state index is -0.968. The largest absolute Gasteiger partial charge is 0.478 e. The van der Waals surface area contributed by atoms with Gasteiger partial charge in [0.05, 0.1) is 27.6 Å². The van der Waals surface area contributed by atoms with Crippen molar-refractivity contribution >= 4 is 33.4 Å². The molecule has 0 aliphatic heterocycles. The monoisotopic (exact) mass is 499 g/mol. The molecule has 2 N–H and O–H groups in total. The molecule has 162 valence electrons. The Morgan fingerprint density at radius 2 is 1.67 bits per heavy atom. The van der Waals surface area contributed by atoms with E-state index >= 15 is 0 Å². The Kier molecular flexibility index (Phi) is 5.35. The van der Waals surface area contributed by atoms with E-state index in [9.17, 15) is 9.90 Å². The van der Waals surface area contributed by atoms with Gasteiger partial charge in [0.2, 0.25) is 0 Å². The number of aromatic carboxylic acids is 1. The number of rotatable bonds is 5. The lowest BCUT2D eigenvalue weighted by Gasteiger charge is -2.12. The van der Waals surface area contributed by atoms with Crippen LogP contribution in [0.3, 0.4) is 0 Å². The molecule has 5 aromatic rings. The normalized spacial score (nSPS) is 11.0. The minimum absolute atomic E-state index is 0.222. The molecule has 0 atom stereocenters. The molecule has 3 heterocycles. The van der Waals surface area contributed by atoms with Crippen LogP contribution in [-0.2, 0) is 0 Å². The van der Waals surface area contributed by atoms with Crippen molar-refractivity contribution in [3.05, 3.63) is 89.2 Å². The number of nitrogens with one attached hydrogen (secondary N) is 1. The topological polar surface area (TPSA) is 92.4 Å². The number of fused-ring (bicyclic) bond motifs is 1. The van der Waals surface area contributed by atoms with Crippen LogP contribution in [0.25, 0.3) is 39.3 Å². The van der Waals surface area contributed by atoms with Crippen molar-refractivity contribution < 1.29 is 9.90 Å². The second-order valence-electron chi connectivity index (χ2n) is 7.35.